The third-order valence-corrected chi connectivity index (χ3v) is 3.53. The minimum Gasteiger partial charge on any atom is -0.423 e. The second-order valence-electron chi connectivity index (χ2n) is 5.07. The van der Waals surface area contributed by atoms with Crippen LogP contribution in [-0.2, 0) is 6.54 Å². The predicted molar refractivity (Wildman–Crippen MR) is 83.9 cm³/mol. The molecule has 0 radical (unpaired) electrons. The molecule has 0 saturated carbocycles. The van der Waals surface area contributed by atoms with E-state index in [1.807, 2.05) is 48.7 Å². The van der Waals surface area contributed by atoms with Crippen molar-refractivity contribution in [3.63, 3.8) is 0 Å². The van der Waals surface area contributed by atoms with Crippen LogP contribution in [0, 0.1) is 0 Å². The number of rotatable bonds is 3. The van der Waals surface area contributed by atoms with Gasteiger partial charge in [0.25, 0.3) is 0 Å². The van der Waals surface area contributed by atoms with Crippen molar-refractivity contribution in [1.29, 1.82) is 0 Å². The van der Waals surface area contributed by atoms with Gasteiger partial charge in [0.1, 0.15) is 0 Å². The molecule has 0 bridgehead atoms. The highest BCUT2D eigenvalue weighted by molar-refractivity contribution is 6.58. The molecule has 1 aromatic heterocycles. The fourth-order valence-electron chi connectivity index (χ4n) is 2.43. The molecule has 1 heterocycles. The van der Waals surface area contributed by atoms with Crippen LogP contribution in [0.5, 0.6) is 0 Å². The summed E-state index contributed by atoms with van der Waals surface area (Å²) in [5.74, 6) is 0. The van der Waals surface area contributed by atoms with Gasteiger partial charge in [-0.1, -0.05) is 24.3 Å². The number of nitrogens with zero attached hydrogens (tertiary/aromatic N) is 1. The van der Waals surface area contributed by atoms with Crippen molar-refractivity contribution in [2.45, 2.75) is 6.54 Å². The third-order valence-electron chi connectivity index (χ3n) is 3.53. The van der Waals surface area contributed by atoms with Crippen LogP contribution in [0.25, 0.3) is 10.9 Å². The maximum atomic E-state index is 9.11. The number of nitrogen functional groups attached to an aromatic ring is 1. The standard InChI is InChI=1S/C16H16BN2O2/c18-15-7-8-16-13(10-15)2-1-9-19(16)11-12-3-5-14(6-4-12)17(20)21/h1-10,20-21H,11,18H2/q+1. The molecule has 2 aromatic carbocycles. The minimum atomic E-state index is -1.42. The summed E-state index contributed by atoms with van der Waals surface area (Å²) in [6, 6.07) is 17.1. The van der Waals surface area contributed by atoms with E-state index >= 15 is 0 Å². The molecule has 3 aromatic rings. The smallest absolute Gasteiger partial charge is 0.423 e. The third kappa shape index (κ3) is 2.89. The lowest BCUT2D eigenvalue weighted by atomic mass is 9.80. The molecule has 21 heavy (non-hydrogen) atoms. The summed E-state index contributed by atoms with van der Waals surface area (Å²) in [6.45, 7) is 0.711. The first-order chi connectivity index (χ1) is 10.1. The first-order valence-corrected chi connectivity index (χ1v) is 6.76. The van der Waals surface area contributed by atoms with Crippen LogP contribution in [-0.4, -0.2) is 17.2 Å². The van der Waals surface area contributed by atoms with Crippen LogP contribution in [0.4, 0.5) is 5.69 Å². The Morgan fingerprint density at radius 2 is 1.76 bits per heavy atom. The molecule has 0 unspecified atom stereocenters. The molecule has 0 aliphatic heterocycles. The van der Waals surface area contributed by atoms with Gasteiger partial charge in [-0.05, 0) is 23.7 Å². The Kier molecular flexibility index (Phi) is 3.60. The molecule has 0 saturated heterocycles. The number of nitrogens with two attached hydrogens (primary N) is 1. The Hall–Kier alpha value is -2.37. The van der Waals surface area contributed by atoms with Gasteiger partial charge in [0.15, 0.2) is 12.7 Å². The van der Waals surface area contributed by atoms with Crippen molar-refractivity contribution in [3.05, 3.63) is 66.4 Å². The topological polar surface area (TPSA) is 70.4 Å². The average molecular weight is 279 g/mol. The lowest BCUT2D eigenvalue weighted by molar-refractivity contribution is -0.662. The number of hydrogen-bond acceptors (Lipinski definition) is 3. The Labute approximate surface area is 123 Å². The number of fused-ring (bicyclic) bond motifs is 1. The SMILES string of the molecule is Nc1ccc2c(ccc[n+]2Cc2ccc(B(O)O)cc2)c1. The van der Waals surface area contributed by atoms with Gasteiger partial charge < -0.3 is 15.8 Å². The largest absolute Gasteiger partial charge is 0.488 e. The fourth-order valence-corrected chi connectivity index (χ4v) is 2.43. The van der Waals surface area contributed by atoms with Crippen molar-refractivity contribution in [3.8, 4) is 0 Å². The Balaban J connectivity index is 1.94. The maximum absolute atomic E-state index is 9.11. The maximum Gasteiger partial charge on any atom is 0.488 e. The zero-order valence-electron chi connectivity index (χ0n) is 11.5. The lowest BCUT2D eigenvalue weighted by Gasteiger charge is -2.04. The molecular weight excluding hydrogens is 263 g/mol. The van der Waals surface area contributed by atoms with Gasteiger partial charge in [0.2, 0.25) is 5.52 Å². The highest BCUT2D eigenvalue weighted by Crippen LogP contribution is 2.13. The first-order valence-electron chi connectivity index (χ1n) is 6.76. The van der Waals surface area contributed by atoms with E-state index < -0.39 is 7.12 Å². The molecule has 0 fully saturated rings. The number of pyridine rings is 1. The highest BCUT2D eigenvalue weighted by atomic mass is 16.4. The van der Waals surface area contributed by atoms with E-state index in [-0.39, 0.29) is 0 Å². The second-order valence-corrected chi connectivity index (χ2v) is 5.07. The molecule has 5 heteroatoms. The van der Waals surface area contributed by atoms with Gasteiger partial charge in [-0.3, -0.25) is 0 Å². The first kappa shape index (κ1) is 13.6. The summed E-state index contributed by atoms with van der Waals surface area (Å²) in [4.78, 5) is 0. The zero-order valence-corrected chi connectivity index (χ0v) is 11.5. The van der Waals surface area contributed by atoms with E-state index in [0.29, 0.717) is 12.0 Å². The number of anilines is 1. The monoisotopic (exact) mass is 279 g/mol. The summed E-state index contributed by atoms with van der Waals surface area (Å²) in [5.41, 5.74) is 9.26. The molecule has 4 nitrogen and oxygen atoms in total. The molecule has 0 aliphatic rings. The number of aromatic nitrogens is 1. The van der Waals surface area contributed by atoms with Gasteiger partial charge in [0.05, 0.1) is 0 Å². The molecular formula is C16H16BN2O2+. The normalized spacial score (nSPS) is 10.8. The van der Waals surface area contributed by atoms with Gasteiger partial charge in [-0.2, -0.15) is 4.57 Å². The van der Waals surface area contributed by atoms with E-state index in [1.165, 1.54) is 0 Å². The number of benzene rings is 2. The minimum absolute atomic E-state index is 0.495. The predicted octanol–water partition coefficient (Wildman–Crippen LogP) is 0.438. The van der Waals surface area contributed by atoms with Crippen LogP contribution in [0.3, 0.4) is 0 Å². The molecule has 0 atom stereocenters. The summed E-state index contributed by atoms with van der Waals surface area (Å²) >= 11 is 0. The average Bonchev–Trinajstić information content (AvgIpc) is 2.47. The fraction of sp³-hybridized carbons (Fsp3) is 0.0625. The summed E-state index contributed by atoms with van der Waals surface area (Å²) < 4.78 is 2.14. The van der Waals surface area contributed by atoms with Crippen LogP contribution in [0.2, 0.25) is 0 Å². The van der Waals surface area contributed by atoms with E-state index in [4.69, 9.17) is 15.8 Å². The second kappa shape index (κ2) is 5.56. The van der Waals surface area contributed by atoms with Crippen LogP contribution >= 0.6 is 0 Å². The van der Waals surface area contributed by atoms with E-state index in [9.17, 15) is 0 Å². The highest BCUT2D eigenvalue weighted by Gasteiger charge is 2.12. The lowest BCUT2D eigenvalue weighted by Crippen LogP contribution is -2.35. The van der Waals surface area contributed by atoms with Gasteiger partial charge in [0, 0.05) is 28.8 Å². The quantitative estimate of drug-likeness (QED) is 0.370. The van der Waals surface area contributed by atoms with Crippen molar-refractivity contribution in [1.82, 2.24) is 0 Å². The van der Waals surface area contributed by atoms with E-state index in [1.54, 1.807) is 12.1 Å². The summed E-state index contributed by atoms with van der Waals surface area (Å²) in [7, 11) is -1.42. The van der Waals surface area contributed by atoms with Crippen molar-refractivity contribution < 1.29 is 14.6 Å². The molecule has 0 aliphatic carbocycles. The van der Waals surface area contributed by atoms with Crippen molar-refractivity contribution in [2.24, 2.45) is 0 Å². The Morgan fingerprint density at radius 1 is 1.00 bits per heavy atom. The molecule has 3 rings (SSSR count). The van der Waals surface area contributed by atoms with Crippen molar-refractivity contribution >= 4 is 29.2 Å². The van der Waals surface area contributed by atoms with Gasteiger partial charge >= 0.3 is 7.12 Å². The number of hydrogen-bond donors (Lipinski definition) is 3. The summed E-state index contributed by atoms with van der Waals surface area (Å²) in [6.07, 6.45) is 2.02. The van der Waals surface area contributed by atoms with Crippen LogP contribution in [0.1, 0.15) is 5.56 Å². The molecule has 104 valence electrons. The van der Waals surface area contributed by atoms with Crippen LogP contribution < -0.4 is 15.8 Å². The van der Waals surface area contributed by atoms with Gasteiger partial charge in [-0.25, -0.2) is 0 Å². The summed E-state index contributed by atoms with van der Waals surface area (Å²) in [5, 5.41) is 19.3. The zero-order chi connectivity index (χ0) is 14.8. The Bertz CT molecular complexity index is 773. The van der Waals surface area contributed by atoms with Crippen molar-refractivity contribution in [2.75, 3.05) is 5.73 Å². The Morgan fingerprint density at radius 3 is 2.48 bits per heavy atom. The van der Waals surface area contributed by atoms with E-state index in [0.717, 1.165) is 22.2 Å². The van der Waals surface area contributed by atoms with Crippen LogP contribution in [0.15, 0.2) is 60.8 Å². The van der Waals surface area contributed by atoms with E-state index in [2.05, 4.69) is 4.57 Å². The molecule has 0 amide bonds. The van der Waals surface area contributed by atoms with Gasteiger partial charge in [-0.15, -0.1) is 0 Å². The molecule has 0 spiro atoms. The molecule has 4 N–H and O–H groups in total.